The minimum absolute atomic E-state index is 0.573. The number of benzene rings is 2. The van der Waals surface area contributed by atoms with Gasteiger partial charge in [0, 0.05) is 0 Å². The van der Waals surface area contributed by atoms with Crippen LogP contribution in [0.4, 0.5) is 0 Å². The average molecular weight is 199 g/mol. The SMILES string of the molecule is CC(C([O])=O)c1cccc2ccccc12. The van der Waals surface area contributed by atoms with Crippen LogP contribution >= 0.6 is 0 Å². The molecule has 0 aromatic heterocycles. The summed E-state index contributed by atoms with van der Waals surface area (Å²) in [7, 11) is 0. The highest BCUT2D eigenvalue weighted by molar-refractivity contribution is 5.90. The van der Waals surface area contributed by atoms with E-state index in [0.717, 1.165) is 16.3 Å². The number of hydrogen-bond acceptors (Lipinski definition) is 1. The Labute approximate surface area is 88.2 Å². The highest BCUT2D eigenvalue weighted by Gasteiger charge is 2.17. The molecule has 1 radical (unpaired) electrons. The molecule has 75 valence electrons. The summed E-state index contributed by atoms with van der Waals surface area (Å²) >= 11 is 0. The summed E-state index contributed by atoms with van der Waals surface area (Å²) < 4.78 is 0. The first-order valence-electron chi connectivity index (χ1n) is 4.88. The predicted octanol–water partition coefficient (Wildman–Crippen LogP) is 2.90. The van der Waals surface area contributed by atoms with Gasteiger partial charge < -0.3 is 0 Å². The molecule has 0 aliphatic heterocycles. The van der Waals surface area contributed by atoms with Gasteiger partial charge in [0.05, 0.1) is 5.92 Å². The molecule has 2 nitrogen and oxygen atoms in total. The first-order chi connectivity index (χ1) is 7.20. The maximum atomic E-state index is 10.8. The van der Waals surface area contributed by atoms with Crippen LogP contribution in [0.5, 0.6) is 0 Å². The average Bonchev–Trinajstić information content (AvgIpc) is 2.27. The fourth-order valence-corrected chi connectivity index (χ4v) is 1.76. The normalized spacial score (nSPS) is 12.6. The molecule has 0 saturated heterocycles. The largest absolute Gasteiger partial charge is 0.362 e. The van der Waals surface area contributed by atoms with Crippen molar-refractivity contribution < 1.29 is 9.90 Å². The van der Waals surface area contributed by atoms with Crippen molar-refractivity contribution in [2.24, 2.45) is 0 Å². The summed E-state index contributed by atoms with van der Waals surface area (Å²) in [5.41, 5.74) is 0.813. The Bertz CT molecular complexity index is 497. The molecule has 15 heavy (non-hydrogen) atoms. The second-order valence-corrected chi connectivity index (χ2v) is 3.61. The fourth-order valence-electron chi connectivity index (χ4n) is 1.76. The summed E-state index contributed by atoms with van der Waals surface area (Å²) in [5, 5.41) is 12.9. The van der Waals surface area contributed by atoms with Gasteiger partial charge in [0.25, 0.3) is 0 Å². The van der Waals surface area contributed by atoms with Crippen molar-refractivity contribution in [2.45, 2.75) is 12.8 Å². The van der Waals surface area contributed by atoms with Crippen LogP contribution in [0.3, 0.4) is 0 Å². The van der Waals surface area contributed by atoms with Crippen molar-refractivity contribution in [1.29, 1.82) is 0 Å². The molecule has 1 atom stereocenters. The van der Waals surface area contributed by atoms with Crippen LogP contribution in [0.2, 0.25) is 0 Å². The predicted molar refractivity (Wildman–Crippen MR) is 58.1 cm³/mol. The molecular weight excluding hydrogens is 188 g/mol. The lowest BCUT2D eigenvalue weighted by Gasteiger charge is -2.08. The summed E-state index contributed by atoms with van der Waals surface area (Å²) in [5.74, 6) is -1.61. The third-order valence-electron chi connectivity index (χ3n) is 2.64. The zero-order valence-corrected chi connectivity index (χ0v) is 8.44. The molecule has 2 rings (SSSR count). The van der Waals surface area contributed by atoms with Gasteiger partial charge in [-0.25, -0.2) is 9.90 Å². The molecule has 2 aromatic rings. The summed E-state index contributed by atoms with van der Waals surface area (Å²) in [4.78, 5) is 10.8. The first kappa shape index (κ1) is 9.71. The number of carbonyl (C=O) groups excluding carboxylic acids is 1. The zero-order valence-electron chi connectivity index (χ0n) is 8.44. The Balaban J connectivity index is 2.65. The van der Waals surface area contributed by atoms with Crippen LogP contribution in [0.25, 0.3) is 10.8 Å². The van der Waals surface area contributed by atoms with Crippen LogP contribution in [0.15, 0.2) is 42.5 Å². The van der Waals surface area contributed by atoms with Gasteiger partial charge in [-0.15, -0.1) is 0 Å². The zero-order chi connectivity index (χ0) is 10.8. The van der Waals surface area contributed by atoms with Gasteiger partial charge in [-0.05, 0) is 23.3 Å². The van der Waals surface area contributed by atoms with E-state index in [1.165, 1.54) is 0 Å². The summed E-state index contributed by atoms with van der Waals surface area (Å²) in [6.45, 7) is 1.65. The highest BCUT2D eigenvalue weighted by Crippen LogP contribution is 2.25. The van der Waals surface area contributed by atoms with E-state index in [-0.39, 0.29) is 0 Å². The van der Waals surface area contributed by atoms with Crippen molar-refractivity contribution in [3.8, 4) is 0 Å². The molecule has 0 aliphatic carbocycles. The lowest BCUT2D eigenvalue weighted by atomic mass is 9.95. The maximum absolute atomic E-state index is 10.8. The Morgan fingerprint density at radius 2 is 1.73 bits per heavy atom. The van der Waals surface area contributed by atoms with Crippen LogP contribution in [0.1, 0.15) is 18.4 Å². The van der Waals surface area contributed by atoms with Gasteiger partial charge in [-0.2, -0.15) is 0 Å². The molecule has 0 saturated carbocycles. The highest BCUT2D eigenvalue weighted by atomic mass is 16.4. The number of fused-ring (bicyclic) bond motifs is 1. The minimum Gasteiger partial charge on any atom is -0.247 e. The fraction of sp³-hybridized carbons (Fsp3) is 0.154. The summed E-state index contributed by atoms with van der Waals surface area (Å²) in [6.07, 6.45) is 0. The first-order valence-corrected chi connectivity index (χ1v) is 4.88. The number of hydrogen-bond donors (Lipinski definition) is 0. The van der Waals surface area contributed by atoms with E-state index in [0.29, 0.717) is 0 Å². The van der Waals surface area contributed by atoms with Gasteiger partial charge in [0.1, 0.15) is 0 Å². The van der Waals surface area contributed by atoms with Crippen molar-refractivity contribution in [2.75, 3.05) is 0 Å². The van der Waals surface area contributed by atoms with Crippen LogP contribution in [0, 0.1) is 0 Å². The minimum atomic E-state index is -1.04. The van der Waals surface area contributed by atoms with E-state index in [1.807, 2.05) is 42.5 Å². The standard InChI is InChI=1S/C13H11O2/c1-9(13(14)15)11-8-4-6-10-5-2-3-7-12(10)11/h2-9H,1H3. The molecule has 0 N–H and O–H groups in total. The lowest BCUT2D eigenvalue weighted by Crippen LogP contribution is -2.06. The van der Waals surface area contributed by atoms with Crippen LogP contribution in [-0.4, -0.2) is 5.97 Å². The molecule has 0 fully saturated rings. The van der Waals surface area contributed by atoms with Crippen LogP contribution in [-0.2, 0) is 9.90 Å². The van der Waals surface area contributed by atoms with Gasteiger partial charge in [-0.1, -0.05) is 42.5 Å². The van der Waals surface area contributed by atoms with Crippen molar-refractivity contribution in [3.05, 3.63) is 48.0 Å². The van der Waals surface area contributed by atoms with Crippen molar-refractivity contribution in [1.82, 2.24) is 0 Å². The topological polar surface area (TPSA) is 37.0 Å². The molecule has 0 amide bonds. The van der Waals surface area contributed by atoms with Gasteiger partial charge in [0.2, 0.25) is 0 Å². The number of rotatable bonds is 2. The van der Waals surface area contributed by atoms with E-state index in [9.17, 15) is 9.90 Å². The van der Waals surface area contributed by atoms with E-state index < -0.39 is 11.9 Å². The molecular formula is C13H11O2. The molecule has 0 heterocycles. The molecule has 0 spiro atoms. The molecule has 2 heteroatoms. The van der Waals surface area contributed by atoms with E-state index in [2.05, 4.69) is 0 Å². The van der Waals surface area contributed by atoms with Crippen LogP contribution < -0.4 is 0 Å². The number of carbonyl (C=O) groups is 1. The Kier molecular flexibility index (Phi) is 2.42. The van der Waals surface area contributed by atoms with E-state index >= 15 is 0 Å². The Morgan fingerprint density at radius 3 is 2.47 bits per heavy atom. The second kappa shape index (κ2) is 3.73. The molecule has 0 aliphatic rings. The summed E-state index contributed by atoms with van der Waals surface area (Å²) in [6, 6.07) is 13.4. The monoisotopic (exact) mass is 199 g/mol. The maximum Gasteiger partial charge on any atom is 0.362 e. The second-order valence-electron chi connectivity index (χ2n) is 3.61. The van der Waals surface area contributed by atoms with E-state index in [1.54, 1.807) is 6.92 Å². The smallest absolute Gasteiger partial charge is 0.247 e. The quantitative estimate of drug-likeness (QED) is 0.732. The Hall–Kier alpha value is -1.83. The van der Waals surface area contributed by atoms with Gasteiger partial charge >= 0.3 is 5.97 Å². The van der Waals surface area contributed by atoms with Crippen molar-refractivity contribution >= 4 is 16.7 Å². The van der Waals surface area contributed by atoms with E-state index in [4.69, 9.17) is 0 Å². The third-order valence-corrected chi connectivity index (χ3v) is 2.64. The molecule has 1 unspecified atom stereocenters. The lowest BCUT2D eigenvalue weighted by molar-refractivity contribution is -0.144. The van der Waals surface area contributed by atoms with Gasteiger partial charge in [0.15, 0.2) is 0 Å². The van der Waals surface area contributed by atoms with Crippen molar-refractivity contribution in [3.63, 3.8) is 0 Å². The Morgan fingerprint density at radius 1 is 1.07 bits per heavy atom. The molecule has 2 aromatic carbocycles. The third kappa shape index (κ3) is 1.71. The molecule has 0 bridgehead atoms. The van der Waals surface area contributed by atoms with Gasteiger partial charge in [-0.3, -0.25) is 0 Å².